The van der Waals surface area contributed by atoms with Gasteiger partial charge in [-0.15, -0.1) is 0 Å². The van der Waals surface area contributed by atoms with Crippen molar-refractivity contribution in [2.24, 2.45) is 0 Å². The van der Waals surface area contributed by atoms with Gasteiger partial charge in [-0.1, -0.05) is 41.1 Å². The van der Waals surface area contributed by atoms with Crippen LogP contribution < -0.4 is 0 Å². The van der Waals surface area contributed by atoms with E-state index in [0.717, 1.165) is 11.8 Å². The van der Waals surface area contributed by atoms with E-state index in [1.807, 2.05) is 0 Å². The molecule has 11 heavy (non-hydrogen) atoms. The number of alkyl halides is 1. The molecule has 0 atom stereocenters. The number of rotatable bonds is 2. The fraction of sp³-hybridized carbons (Fsp3) is 0.400. The van der Waals surface area contributed by atoms with E-state index >= 15 is 0 Å². The Bertz CT molecular complexity index is 241. The molecular formula is C10H13Br. The van der Waals surface area contributed by atoms with Gasteiger partial charge in [-0.25, -0.2) is 0 Å². The van der Waals surface area contributed by atoms with E-state index in [0.29, 0.717) is 0 Å². The fourth-order valence-corrected chi connectivity index (χ4v) is 1.59. The molecule has 0 heterocycles. The Balaban J connectivity index is 2.99. The summed E-state index contributed by atoms with van der Waals surface area (Å²) in [6.07, 6.45) is 1.13. The zero-order chi connectivity index (χ0) is 8.27. The van der Waals surface area contributed by atoms with E-state index in [1.54, 1.807) is 0 Å². The van der Waals surface area contributed by atoms with Gasteiger partial charge in [0.1, 0.15) is 0 Å². The van der Waals surface area contributed by atoms with Crippen LogP contribution in [0.3, 0.4) is 0 Å². The van der Waals surface area contributed by atoms with E-state index in [9.17, 15) is 0 Å². The Hall–Kier alpha value is -0.300. The molecule has 0 nitrogen and oxygen atoms in total. The molecule has 1 aromatic rings. The lowest BCUT2D eigenvalue weighted by atomic mass is 10.0. The van der Waals surface area contributed by atoms with Crippen LogP contribution in [0.1, 0.15) is 23.6 Å². The van der Waals surface area contributed by atoms with Crippen LogP contribution in [0.2, 0.25) is 0 Å². The first-order valence-corrected chi connectivity index (χ1v) is 5.04. The third-order valence-electron chi connectivity index (χ3n) is 1.94. The fourth-order valence-electron chi connectivity index (χ4n) is 1.24. The lowest BCUT2D eigenvalue weighted by Crippen LogP contribution is -1.87. The molecular weight excluding hydrogens is 200 g/mol. The summed E-state index contributed by atoms with van der Waals surface area (Å²) in [7, 11) is 0. The Morgan fingerprint density at radius 3 is 2.55 bits per heavy atom. The quantitative estimate of drug-likeness (QED) is 0.660. The molecule has 0 saturated carbocycles. The predicted molar refractivity (Wildman–Crippen MR) is 53.2 cm³/mol. The lowest BCUT2D eigenvalue weighted by Gasteiger charge is -2.03. The molecule has 60 valence electrons. The largest absolute Gasteiger partial charge is 0.0876 e. The molecule has 0 aliphatic rings. The van der Waals surface area contributed by atoms with Gasteiger partial charge in [0.15, 0.2) is 0 Å². The summed E-state index contributed by atoms with van der Waals surface area (Å²) in [5.41, 5.74) is 4.22. The summed E-state index contributed by atoms with van der Waals surface area (Å²) in [6.45, 7) is 4.36. The average Bonchev–Trinajstić information content (AvgIpc) is 2.04. The standard InChI is InChI=1S/C10H13Br/c1-3-10-5-4-9(7-11)6-8(10)2/h4-6H,3,7H2,1-2H3. The maximum Gasteiger partial charge on any atom is 0.0283 e. The Kier molecular flexibility index (Phi) is 3.13. The molecule has 0 aliphatic heterocycles. The second-order valence-corrected chi connectivity index (χ2v) is 3.31. The van der Waals surface area contributed by atoms with E-state index in [2.05, 4.69) is 48.0 Å². The second kappa shape index (κ2) is 3.91. The summed E-state index contributed by atoms with van der Waals surface area (Å²) in [5, 5.41) is 0.956. The highest BCUT2D eigenvalue weighted by atomic mass is 79.9. The molecule has 0 unspecified atom stereocenters. The number of aryl methyl sites for hydroxylation is 2. The van der Waals surface area contributed by atoms with Gasteiger partial charge < -0.3 is 0 Å². The van der Waals surface area contributed by atoms with E-state index in [-0.39, 0.29) is 0 Å². The van der Waals surface area contributed by atoms with E-state index in [4.69, 9.17) is 0 Å². The van der Waals surface area contributed by atoms with Crippen LogP contribution in [0, 0.1) is 6.92 Å². The van der Waals surface area contributed by atoms with Crippen molar-refractivity contribution in [2.45, 2.75) is 25.6 Å². The summed E-state index contributed by atoms with van der Waals surface area (Å²) >= 11 is 3.44. The first kappa shape index (κ1) is 8.79. The molecule has 1 rings (SSSR count). The maximum absolute atomic E-state index is 3.44. The first-order chi connectivity index (χ1) is 5.27. The number of benzene rings is 1. The SMILES string of the molecule is CCc1ccc(CBr)cc1C. The van der Waals surface area contributed by atoms with Crippen molar-refractivity contribution in [1.29, 1.82) is 0 Å². The van der Waals surface area contributed by atoms with Gasteiger partial charge >= 0.3 is 0 Å². The molecule has 1 aromatic carbocycles. The Morgan fingerprint density at radius 1 is 1.36 bits per heavy atom. The zero-order valence-electron chi connectivity index (χ0n) is 7.02. The molecule has 0 bridgehead atoms. The average molecular weight is 213 g/mol. The minimum absolute atomic E-state index is 0.956. The maximum atomic E-state index is 3.44. The van der Waals surface area contributed by atoms with Crippen molar-refractivity contribution in [3.8, 4) is 0 Å². The van der Waals surface area contributed by atoms with E-state index in [1.165, 1.54) is 16.7 Å². The van der Waals surface area contributed by atoms with Crippen LogP contribution in [0.4, 0.5) is 0 Å². The van der Waals surface area contributed by atoms with Crippen LogP contribution in [0.15, 0.2) is 18.2 Å². The molecule has 0 saturated heterocycles. The van der Waals surface area contributed by atoms with Crippen molar-refractivity contribution in [2.75, 3.05) is 0 Å². The monoisotopic (exact) mass is 212 g/mol. The van der Waals surface area contributed by atoms with Gasteiger partial charge in [0.05, 0.1) is 0 Å². The lowest BCUT2D eigenvalue weighted by molar-refractivity contribution is 1.10. The highest BCUT2D eigenvalue weighted by molar-refractivity contribution is 9.08. The molecule has 0 amide bonds. The molecule has 0 fully saturated rings. The zero-order valence-corrected chi connectivity index (χ0v) is 8.61. The molecule has 0 aromatic heterocycles. The van der Waals surface area contributed by atoms with Crippen LogP contribution in [0.5, 0.6) is 0 Å². The smallest absolute Gasteiger partial charge is 0.0283 e. The molecule has 0 aliphatic carbocycles. The third-order valence-corrected chi connectivity index (χ3v) is 2.59. The normalized spacial score (nSPS) is 10.1. The van der Waals surface area contributed by atoms with Crippen LogP contribution in [-0.4, -0.2) is 0 Å². The summed E-state index contributed by atoms with van der Waals surface area (Å²) < 4.78 is 0. The highest BCUT2D eigenvalue weighted by Gasteiger charge is 1.95. The third kappa shape index (κ3) is 2.06. The van der Waals surface area contributed by atoms with Crippen LogP contribution >= 0.6 is 15.9 Å². The number of hydrogen-bond acceptors (Lipinski definition) is 0. The predicted octanol–water partition coefficient (Wildman–Crippen LogP) is 3.45. The number of halogens is 1. The summed E-state index contributed by atoms with van der Waals surface area (Å²) in [5.74, 6) is 0. The van der Waals surface area contributed by atoms with Crippen LogP contribution in [0.25, 0.3) is 0 Å². The Labute approximate surface area is 76.8 Å². The van der Waals surface area contributed by atoms with Crippen LogP contribution in [-0.2, 0) is 11.8 Å². The summed E-state index contributed by atoms with van der Waals surface area (Å²) in [6, 6.07) is 6.64. The molecule has 0 spiro atoms. The molecule has 0 radical (unpaired) electrons. The summed E-state index contributed by atoms with van der Waals surface area (Å²) in [4.78, 5) is 0. The topological polar surface area (TPSA) is 0 Å². The first-order valence-electron chi connectivity index (χ1n) is 3.92. The molecule has 1 heteroatoms. The van der Waals surface area contributed by atoms with Gasteiger partial charge in [-0.2, -0.15) is 0 Å². The highest BCUT2D eigenvalue weighted by Crippen LogP contribution is 2.13. The van der Waals surface area contributed by atoms with Gasteiger partial charge in [-0.3, -0.25) is 0 Å². The van der Waals surface area contributed by atoms with Crippen molar-refractivity contribution >= 4 is 15.9 Å². The minimum atomic E-state index is 0.956. The van der Waals surface area contributed by atoms with Crippen molar-refractivity contribution in [3.63, 3.8) is 0 Å². The van der Waals surface area contributed by atoms with Gasteiger partial charge in [0, 0.05) is 5.33 Å². The Morgan fingerprint density at radius 2 is 2.09 bits per heavy atom. The minimum Gasteiger partial charge on any atom is -0.0876 e. The second-order valence-electron chi connectivity index (χ2n) is 2.75. The van der Waals surface area contributed by atoms with E-state index < -0.39 is 0 Å². The van der Waals surface area contributed by atoms with Gasteiger partial charge in [0.25, 0.3) is 0 Å². The van der Waals surface area contributed by atoms with Gasteiger partial charge in [-0.05, 0) is 30.0 Å². The van der Waals surface area contributed by atoms with Crippen molar-refractivity contribution < 1.29 is 0 Å². The van der Waals surface area contributed by atoms with Gasteiger partial charge in [0.2, 0.25) is 0 Å². The molecule has 0 N–H and O–H groups in total. The number of hydrogen-bond donors (Lipinski definition) is 0. The van der Waals surface area contributed by atoms with Crippen molar-refractivity contribution in [1.82, 2.24) is 0 Å². The van der Waals surface area contributed by atoms with Crippen molar-refractivity contribution in [3.05, 3.63) is 34.9 Å².